The van der Waals surface area contributed by atoms with E-state index in [4.69, 9.17) is 4.74 Å². The van der Waals surface area contributed by atoms with Crippen molar-refractivity contribution < 1.29 is 4.74 Å². The van der Waals surface area contributed by atoms with E-state index in [0.29, 0.717) is 0 Å². The van der Waals surface area contributed by atoms with Gasteiger partial charge in [-0.15, -0.1) is 5.10 Å². The van der Waals surface area contributed by atoms with Crippen molar-refractivity contribution in [3.05, 3.63) is 24.3 Å². The van der Waals surface area contributed by atoms with E-state index in [1.165, 1.54) is 0 Å². The first-order valence-electron chi connectivity index (χ1n) is 7.45. The topological polar surface area (TPSA) is 43.2 Å². The second kappa shape index (κ2) is 5.50. The van der Waals surface area contributed by atoms with Gasteiger partial charge in [-0.2, -0.15) is 0 Å². The van der Waals surface area contributed by atoms with Gasteiger partial charge in [0.15, 0.2) is 0 Å². The van der Waals surface area contributed by atoms with Crippen LogP contribution in [0.4, 0.5) is 0 Å². The molecule has 1 aliphatic heterocycles. The molecule has 2 heterocycles. The third-order valence-corrected chi connectivity index (χ3v) is 4.48. The first kappa shape index (κ1) is 13.5. The molecule has 0 unspecified atom stereocenters. The summed E-state index contributed by atoms with van der Waals surface area (Å²) in [5.74, 6) is 0. The lowest BCUT2D eigenvalue weighted by Gasteiger charge is -2.44. The summed E-state index contributed by atoms with van der Waals surface area (Å²) in [6.45, 7) is 7.97. The van der Waals surface area contributed by atoms with Gasteiger partial charge in [0.1, 0.15) is 11.2 Å². The lowest BCUT2D eigenvalue weighted by molar-refractivity contribution is -0.0679. The molecule has 0 atom stereocenters. The Morgan fingerprint density at radius 2 is 1.85 bits per heavy atom. The second-order valence-corrected chi connectivity index (χ2v) is 5.28. The van der Waals surface area contributed by atoms with Crippen LogP contribution in [0.2, 0.25) is 0 Å². The fraction of sp³-hybridized carbons (Fsp3) is 0.600. The standard InChI is InChI=1S/C15H22N4O/c1-3-15(4-2,18-9-11-20-12-10-18)19-14-8-6-5-7-13(14)16-17-19/h5-8H,3-4,9-12H2,1-2H3. The molecule has 0 radical (unpaired) electrons. The summed E-state index contributed by atoms with van der Waals surface area (Å²) < 4.78 is 7.62. The van der Waals surface area contributed by atoms with E-state index in [1.54, 1.807) is 0 Å². The number of fused-ring (bicyclic) bond motifs is 1. The fourth-order valence-electron chi connectivity index (χ4n) is 3.29. The molecule has 0 saturated carbocycles. The monoisotopic (exact) mass is 274 g/mol. The van der Waals surface area contributed by atoms with Crippen LogP contribution in [0, 0.1) is 0 Å². The molecule has 3 rings (SSSR count). The van der Waals surface area contributed by atoms with Gasteiger partial charge in [0, 0.05) is 13.1 Å². The third kappa shape index (κ3) is 2.01. The first-order valence-corrected chi connectivity index (χ1v) is 7.45. The maximum Gasteiger partial charge on any atom is 0.117 e. The van der Waals surface area contributed by atoms with Crippen molar-refractivity contribution in [2.45, 2.75) is 32.4 Å². The molecule has 5 nitrogen and oxygen atoms in total. The van der Waals surface area contributed by atoms with E-state index in [0.717, 1.165) is 50.2 Å². The highest BCUT2D eigenvalue weighted by atomic mass is 16.5. The van der Waals surface area contributed by atoms with Crippen LogP contribution in [0.1, 0.15) is 26.7 Å². The van der Waals surface area contributed by atoms with Crippen LogP contribution >= 0.6 is 0 Å². The number of hydrogen-bond acceptors (Lipinski definition) is 4. The second-order valence-electron chi connectivity index (χ2n) is 5.28. The van der Waals surface area contributed by atoms with Crippen LogP contribution in [0.15, 0.2) is 24.3 Å². The molecule has 1 aromatic carbocycles. The normalized spacial score (nSPS) is 17.7. The molecular weight excluding hydrogens is 252 g/mol. The summed E-state index contributed by atoms with van der Waals surface area (Å²) in [5.41, 5.74) is 1.98. The van der Waals surface area contributed by atoms with E-state index in [-0.39, 0.29) is 5.66 Å². The number of rotatable bonds is 4. The Kier molecular flexibility index (Phi) is 3.72. The molecule has 0 bridgehead atoms. The van der Waals surface area contributed by atoms with E-state index in [1.807, 2.05) is 12.1 Å². The molecule has 0 N–H and O–H groups in total. The molecule has 1 saturated heterocycles. The lowest BCUT2D eigenvalue weighted by atomic mass is 10.00. The van der Waals surface area contributed by atoms with Crippen molar-refractivity contribution in [1.29, 1.82) is 0 Å². The molecule has 1 fully saturated rings. The first-order chi connectivity index (χ1) is 9.81. The van der Waals surface area contributed by atoms with E-state index < -0.39 is 0 Å². The molecule has 0 aliphatic carbocycles. The predicted octanol–water partition coefficient (Wildman–Crippen LogP) is 2.24. The Labute approximate surface area is 119 Å². The van der Waals surface area contributed by atoms with Gasteiger partial charge in [0.2, 0.25) is 0 Å². The molecule has 1 aliphatic rings. The summed E-state index contributed by atoms with van der Waals surface area (Å²) in [4.78, 5) is 2.50. The molecule has 108 valence electrons. The maximum absolute atomic E-state index is 5.50. The van der Waals surface area contributed by atoms with Crippen LogP contribution in [-0.2, 0) is 10.4 Å². The van der Waals surface area contributed by atoms with Gasteiger partial charge in [-0.05, 0) is 25.0 Å². The Bertz CT molecular complexity index is 570. The Morgan fingerprint density at radius 3 is 2.55 bits per heavy atom. The Hall–Kier alpha value is -1.46. The summed E-state index contributed by atoms with van der Waals surface area (Å²) in [5, 5.41) is 8.80. The molecule has 1 aromatic heterocycles. The molecule has 5 heteroatoms. The number of ether oxygens (including phenoxy) is 1. The van der Waals surface area contributed by atoms with Crippen LogP contribution in [-0.4, -0.2) is 46.2 Å². The number of nitrogens with zero attached hydrogens (tertiary/aromatic N) is 4. The zero-order chi connectivity index (χ0) is 14.0. The highest BCUT2D eigenvalue weighted by molar-refractivity contribution is 5.74. The predicted molar refractivity (Wildman–Crippen MR) is 78.5 cm³/mol. The molecule has 2 aromatic rings. The van der Waals surface area contributed by atoms with Crippen molar-refractivity contribution in [2.75, 3.05) is 26.3 Å². The van der Waals surface area contributed by atoms with Crippen molar-refractivity contribution in [3.63, 3.8) is 0 Å². The van der Waals surface area contributed by atoms with Crippen LogP contribution in [0.3, 0.4) is 0 Å². The molecular formula is C15H22N4O. The zero-order valence-corrected chi connectivity index (χ0v) is 12.2. The molecule has 0 amide bonds. The summed E-state index contributed by atoms with van der Waals surface area (Å²) >= 11 is 0. The van der Waals surface area contributed by atoms with Crippen LogP contribution < -0.4 is 0 Å². The average Bonchev–Trinajstić information content (AvgIpc) is 2.95. The molecule has 20 heavy (non-hydrogen) atoms. The van der Waals surface area contributed by atoms with E-state index >= 15 is 0 Å². The highest BCUT2D eigenvalue weighted by Crippen LogP contribution is 2.32. The Morgan fingerprint density at radius 1 is 1.15 bits per heavy atom. The lowest BCUT2D eigenvalue weighted by Crippen LogP contribution is -2.54. The van der Waals surface area contributed by atoms with Gasteiger partial charge >= 0.3 is 0 Å². The largest absolute Gasteiger partial charge is 0.379 e. The van der Waals surface area contributed by atoms with Crippen molar-refractivity contribution in [1.82, 2.24) is 19.9 Å². The SMILES string of the molecule is CCC(CC)(N1CCOCC1)n1nnc2ccccc21. The summed E-state index contributed by atoms with van der Waals surface area (Å²) in [7, 11) is 0. The number of benzene rings is 1. The van der Waals surface area contributed by atoms with Crippen molar-refractivity contribution >= 4 is 11.0 Å². The minimum Gasteiger partial charge on any atom is -0.379 e. The smallest absolute Gasteiger partial charge is 0.117 e. The van der Waals surface area contributed by atoms with Gasteiger partial charge in [-0.3, -0.25) is 4.90 Å². The zero-order valence-electron chi connectivity index (χ0n) is 12.2. The number of hydrogen-bond donors (Lipinski definition) is 0. The number of morpholine rings is 1. The fourth-order valence-corrected chi connectivity index (χ4v) is 3.29. The van der Waals surface area contributed by atoms with Gasteiger partial charge in [-0.25, -0.2) is 4.68 Å². The van der Waals surface area contributed by atoms with Gasteiger partial charge < -0.3 is 4.74 Å². The van der Waals surface area contributed by atoms with Crippen molar-refractivity contribution in [3.8, 4) is 0 Å². The quantitative estimate of drug-likeness (QED) is 0.857. The van der Waals surface area contributed by atoms with E-state index in [2.05, 4.69) is 45.9 Å². The highest BCUT2D eigenvalue weighted by Gasteiger charge is 2.38. The molecule has 0 spiro atoms. The Balaban J connectivity index is 2.09. The van der Waals surface area contributed by atoms with Crippen LogP contribution in [0.25, 0.3) is 11.0 Å². The van der Waals surface area contributed by atoms with E-state index in [9.17, 15) is 0 Å². The van der Waals surface area contributed by atoms with Gasteiger partial charge in [-0.1, -0.05) is 31.2 Å². The maximum atomic E-state index is 5.50. The average molecular weight is 274 g/mol. The van der Waals surface area contributed by atoms with Crippen molar-refractivity contribution in [2.24, 2.45) is 0 Å². The minimum atomic E-state index is -0.0973. The third-order valence-electron chi connectivity index (χ3n) is 4.48. The number of para-hydroxylation sites is 1. The van der Waals surface area contributed by atoms with Gasteiger partial charge in [0.05, 0.1) is 18.7 Å². The minimum absolute atomic E-state index is 0.0973. The summed E-state index contributed by atoms with van der Waals surface area (Å²) in [6.07, 6.45) is 2.02. The summed E-state index contributed by atoms with van der Waals surface area (Å²) in [6, 6.07) is 8.19. The number of aromatic nitrogens is 3. The van der Waals surface area contributed by atoms with Gasteiger partial charge in [0.25, 0.3) is 0 Å². The van der Waals surface area contributed by atoms with Crippen LogP contribution in [0.5, 0.6) is 0 Å².